The van der Waals surface area contributed by atoms with Gasteiger partial charge in [0.1, 0.15) is 11.2 Å². The third kappa shape index (κ3) is 5.82. The van der Waals surface area contributed by atoms with Crippen molar-refractivity contribution in [2.75, 3.05) is 17.7 Å². The Morgan fingerprint density at radius 3 is 1.87 bits per heavy atom. The molecule has 0 spiro atoms. The fraction of sp³-hybridized carbons (Fsp3) is 0.429. The van der Waals surface area contributed by atoms with Crippen LogP contribution in [0.1, 0.15) is 41.5 Å². The Hall–Kier alpha value is -3.36. The maximum atomic E-state index is 12.7. The van der Waals surface area contributed by atoms with Gasteiger partial charge in [-0.25, -0.2) is 19.6 Å². The van der Waals surface area contributed by atoms with E-state index in [1.165, 1.54) is 19.5 Å². The van der Waals surface area contributed by atoms with E-state index in [2.05, 4.69) is 9.97 Å². The third-order valence-corrected chi connectivity index (χ3v) is 3.54. The van der Waals surface area contributed by atoms with E-state index < -0.39 is 23.4 Å². The van der Waals surface area contributed by atoms with Crippen molar-refractivity contribution in [3.8, 4) is 17.1 Å². The summed E-state index contributed by atoms with van der Waals surface area (Å²) in [7, 11) is 1.50. The normalized spacial score (nSPS) is 11.6. The molecule has 9 nitrogen and oxygen atoms in total. The van der Waals surface area contributed by atoms with Gasteiger partial charge in [-0.2, -0.15) is 4.90 Å². The average Bonchev–Trinajstić information content (AvgIpc) is 2.59. The first-order valence-corrected chi connectivity index (χ1v) is 9.33. The van der Waals surface area contributed by atoms with Gasteiger partial charge >= 0.3 is 12.2 Å². The number of carbonyl (C=O) groups is 2. The highest BCUT2D eigenvalue weighted by molar-refractivity contribution is 6.09. The van der Waals surface area contributed by atoms with Crippen molar-refractivity contribution in [1.29, 1.82) is 0 Å². The molecule has 0 aliphatic rings. The predicted octanol–water partition coefficient (Wildman–Crippen LogP) is 4.41. The van der Waals surface area contributed by atoms with Gasteiger partial charge in [-0.15, -0.1) is 0 Å². The number of hydrogen-bond acceptors (Lipinski definition) is 8. The Morgan fingerprint density at radius 1 is 0.933 bits per heavy atom. The molecule has 0 fully saturated rings. The van der Waals surface area contributed by atoms with E-state index in [0.717, 1.165) is 4.90 Å². The number of hydrogen-bond donors (Lipinski definition) is 1. The molecule has 30 heavy (non-hydrogen) atoms. The van der Waals surface area contributed by atoms with E-state index in [1.54, 1.807) is 59.7 Å². The Balaban J connectivity index is 2.43. The number of amides is 2. The summed E-state index contributed by atoms with van der Waals surface area (Å²) in [6, 6.07) is 5.20. The summed E-state index contributed by atoms with van der Waals surface area (Å²) in [5.74, 6) is 0.748. The lowest BCUT2D eigenvalue weighted by Crippen LogP contribution is -2.43. The minimum atomic E-state index is -0.894. The fourth-order valence-corrected chi connectivity index (χ4v) is 2.44. The molecule has 0 bridgehead atoms. The minimum Gasteiger partial charge on any atom is -0.494 e. The van der Waals surface area contributed by atoms with Gasteiger partial charge in [0.25, 0.3) is 0 Å². The van der Waals surface area contributed by atoms with E-state index in [-0.39, 0.29) is 5.69 Å². The van der Waals surface area contributed by atoms with Gasteiger partial charge in [0, 0.05) is 0 Å². The molecule has 9 heteroatoms. The van der Waals surface area contributed by atoms with E-state index in [4.69, 9.17) is 19.9 Å². The van der Waals surface area contributed by atoms with Crippen LogP contribution in [0, 0.1) is 0 Å². The first-order valence-electron chi connectivity index (χ1n) is 9.33. The summed E-state index contributed by atoms with van der Waals surface area (Å²) in [4.78, 5) is 34.7. The van der Waals surface area contributed by atoms with Crippen molar-refractivity contribution in [3.63, 3.8) is 0 Å². The zero-order valence-corrected chi connectivity index (χ0v) is 18.3. The fourth-order valence-electron chi connectivity index (χ4n) is 2.44. The number of ether oxygens (including phenoxy) is 3. The van der Waals surface area contributed by atoms with Gasteiger partial charge in [-0.3, -0.25) is 0 Å². The van der Waals surface area contributed by atoms with Gasteiger partial charge in [-0.1, -0.05) is 6.07 Å². The van der Waals surface area contributed by atoms with Gasteiger partial charge in [0.05, 0.1) is 36.4 Å². The molecule has 0 aliphatic carbocycles. The average molecular weight is 416 g/mol. The lowest BCUT2D eigenvalue weighted by atomic mass is 10.1. The number of para-hydroxylation sites is 1. The Bertz CT molecular complexity index is 886. The summed E-state index contributed by atoms with van der Waals surface area (Å²) < 4.78 is 16.0. The number of nitrogen functional groups attached to an aromatic ring is 1. The zero-order valence-electron chi connectivity index (χ0n) is 18.3. The summed E-state index contributed by atoms with van der Waals surface area (Å²) in [5.41, 5.74) is 5.42. The lowest BCUT2D eigenvalue weighted by molar-refractivity contribution is 0.0430. The standard InChI is InChI=1S/C21H28N4O5/c1-20(2,3)29-18(26)25(19(27)30-21(4,5)6)13-11-23-17(24-12-13)14-9-8-10-15(22)16(14)28-7/h8-12H,22H2,1-7H3. The van der Waals surface area contributed by atoms with Crippen LogP contribution in [0.4, 0.5) is 21.0 Å². The molecule has 0 atom stereocenters. The number of imide groups is 1. The van der Waals surface area contributed by atoms with Gasteiger partial charge < -0.3 is 19.9 Å². The number of carbonyl (C=O) groups excluding carboxylic acids is 2. The highest BCUT2D eigenvalue weighted by Gasteiger charge is 2.33. The quantitative estimate of drug-likeness (QED) is 0.731. The SMILES string of the molecule is COc1c(N)cccc1-c1ncc(N(C(=O)OC(C)(C)C)C(=O)OC(C)(C)C)cn1. The van der Waals surface area contributed by atoms with Crippen LogP contribution in [0.2, 0.25) is 0 Å². The first-order chi connectivity index (χ1) is 13.8. The van der Waals surface area contributed by atoms with Crippen LogP contribution in [-0.2, 0) is 9.47 Å². The van der Waals surface area contributed by atoms with Crippen LogP contribution in [0.3, 0.4) is 0 Å². The van der Waals surface area contributed by atoms with E-state index in [0.29, 0.717) is 22.8 Å². The van der Waals surface area contributed by atoms with E-state index in [1.807, 2.05) is 0 Å². The molecule has 1 aromatic carbocycles. The number of nitrogens with zero attached hydrogens (tertiary/aromatic N) is 3. The number of aromatic nitrogens is 2. The Labute approximate surface area is 176 Å². The molecule has 1 heterocycles. The highest BCUT2D eigenvalue weighted by atomic mass is 16.6. The largest absolute Gasteiger partial charge is 0.494 e. The molecule has 1 aromatic heterocycles. The second-order valence-electron chi connectivity index (χ2n) is 8.49. The number of anilines is 2. The second-order valence-corrected chi connectivity index (χ2v) is 8.49. The molecule has 2 N–H and O–H groups in total. The number of methoxy groups -OCH3 is 1. The van der Waals surface area contributed by atoms with Crippen LogP contribution in [0.25, 0.3) is 11.4 Å². The molecule has 0 saturated heterocycles. The second kappa shape index (κ2) is 8.56. The Kier molecular flexibility index (Phi) is 6.54. The monoisotopic (exact) mass is 416 g/mol. The smallest absolute Gasteiger partial charge is 0.424 e. The van der Waals surface area contributed by atoms with Crippen LogP contribution in [0.15, 0.2) is 30.6 Å². The lowest BCUT2D eigenvalue weighted by Gasteiger charge is -2.28. The molecule has 2 amide bonds. The topological polar surface area (TPSA) is 117 Å². The van der Waals surface area contributed by atoms with E-state index >= 15 is 0 Å². The molecular formula is C21H28N4O5. The van der Waals surface area contributed by atoms with Crippen molar-refractivity contribution in [1.82, 2.24) is 9.97 Å². The van der Waals surface area contributed by atoms with Gasteiger partial charge in [0.15, 0.2) is 11.6 Å². The van der Waals surface area contributed by atoms with E-state index in [9.17, 15) is 9.59 Å². The van der Waals surface area contributed by atoms with Crippen LogP contribution < -0.4 is 15.4 Å². The molecule has 2 rings (SSSR count). The van der Waals surface area contributed by atoms with Crippen molar-refractivity contribution < 1.29 is 23.8 Å². The molecular weight excluding hydrogens is 388 g/mol. The van der Waals surface area contributed by atoms with Gasteiger partial charge in [0.2, 0.25) is 0 Å². The van der Waals surface area contributed by atoms with Gasteiger partial charge in [-0.05, 0) is 53.7 Å². The number of rotatable bonds is 3. The first kappa shape index (κ1) is 22.9. The zero-order chi connectivity index (χ0) is 22.7. The van der Waals surface area contributed by atoms with Crippen molar-refractivity contribution >= 4 is 23.6 Å². The molecule has 0 aliphatic heterocycles. The number of nitrogens with two attached hydrogens (primary N) is 1. The molecule has 0 radical (unpaired) electrons. The summed E-state index contributed by atoms with van der Waals surface area (Å²) in [5, 5.41) is 0. The Morgan fingerprint density at radius 2 is 1.43 bits per heavy atom. The minimum absolute atomic E-state index is 0.102. The maximum Gasteiger partial charge on any atom is 0.424 e. The van der Waals surface area contributed by atoms with Crippen molar-refractivity contribution in [2.45, 2.75) is 52.7 Å². The number of benzene rings is 1. The van der Waals surface area contributed by atoms with Crippen LogP contribution in [0.5, 0.6) is 5.75 Å². The molecule has 162 valence electrons. The van der Waals surface area contributed by atoms with Crippen molar-refractivity contribution in [2.24, 2.45) is 0 Å². The van der Waals surface area contributed by atoms with Crippen molar-refractivity contribution in [3.05, 3.63) is 30.6 Å². The highest BCUT2D eigenvalue weighted by Crippen LogP contribution is 2.33. The predicted molar refractivity (Wildman–Crippen MR) is 113 cm³/mol. The van der Waals surface area contributed by atoms with Crippen LogP contribution in [-0.4, -0.2) is 40.5 Å². The maximum absolute atomic E-state index is 12.7. The molecule has 2 aromatic rings. The van der Waals surface area contributed by atoms with Crippen LogP contribution >= 0.6 is 0 Å². The molecule has 0 saturated carbocycles. The third-order valence-electron chi connectivity index (χ3n) is 3.54. The summed E-state index contributed by atoms with van der Waals surface area (Å²) >= 11 is 0. The molecule has 0 unspecified atom stereocenters. The summed E-state index contributed by atoms with van der Waals surface area (Å²) in [6.45, 7) is 10.2. The summed E-state index contributed by atoms with van der Waals surface area (Å²) in [6.07, 6.45) is 0.877.